The molecular formula is C16H25ClN2O. The Bertz CT molecular complexity index is 427. The molecule has 1 aliphatic rings. The highest BCUT2D eigenvalue weighted by Gasteiger charge is 2.25. The minimum Gasteiger partial charge on any atom is -0.352 e. The molecule has 0 heterocycles. The van der Waals surface area contributed by atoms with Crippen LogP contribution in [0.5, 0.6) is 0 Å². The van der Waals surface area contributed by atoms with Crippen molar-refractivity contribution in [1.29, 1.82) is 0 Å². The van der Waals surface area contributed by atoms with E-state index >= 15 is 0 Å². The van der Waals surface area contributed by atoms with Gasteiger partial charge in [-0.1, -0.05) is 42.7 Å². The molecule has 1 amide bonds. The van der Waals surface area contributed by atoms with Crippen molar-refractivity contribution in [3.63, 3.8) is 0 Å². The van der Waals surface area contributed by atoms with Crippen LogP contribution in [0.15, 0.2) is 24.3 Å². The number of hydrogen-bond donors (Lipinski definition) is 2. The van der Waals surface area contributed by atoms with Crippen LogP contribution >= 0.6 is 12.4 Å². The van der Waals surface area contributed by atoms with E-state index < -0.39 is 6.04 Å². The lowest BCUT2D eigenvalue weighted by Crippen LogP contribution is -2.42. The second-order valence-corrected chi connectivity index (χ2v) is 5.73. The van der Waals surface area contributed by atoms with Crippen molar-refractivity contribution in [2.75, 3.05) is 0 Å². The highest BCUT2D eigenvalue weighted by Crippen LogP contribution is 2.27. The first-order chi connectivity index (χ1) is 9.08. The fraction of sp³-hybridized carbons (Fsp3) is 0.562. The van der Waals surface area contributed by atoms with E-state index in [1.54, 1.807) is 0 Å². The Morgan fingerprint density at radius 3 is 2.35 bits per heavy atom. The van der Waals surface area contributed by atoms with Gasteiger partial charge in [-0.15, -0.1) is 12.4 Å². The normalized spacial score (nSPS) is 18.1. The van der Waals surface area contributed by atoms with Gasteiger partial charge < -0.3 is 11.1 Å². The molecule has 2 unspecified atom stereocenters. The number of nitrogens with one attached hydrogen (secondary N) is 1. The fourth-order valence-electron chi connectivity index (χ4n) is 2.81. The van der Waals surface area contributed by atoms with Crippen LogP contribution in [0.2, 0.25) is 0 Å². The Hall–Kier alpha value is -1.06. The Morgan fingerprint density at radius 2 is 1.80 bits per heavy atom. The first-order valence-electron chi connectivity index (χ1n) is 7.20. The van der Waals surface area contributed by atoms with Gasteiger partial charge in [0.15, 0.2) is 0 Å². The van der Waals surface area contributed by atoms with Gasteiger partial charge in [-0.25, -0.2) is 0 Å². The van der Waals surface area contributed by atoms with Gasteiger partial charge in [-0.05, 0) is 38.2 Å². The second kappa shape index (κ2) is 7.65. The minimum absolute atomic E-state index is 0. The van der Waals surface area contributed by atoms with Gasteiger partial charge in [-0.2, -0.15) is 0 Å². The number of hydrogen-bond acceptors (Lipinski definition) is 2. The average molecular weight is 297 g/mol. The lowest BCUT2D eigenvalue weighted by Gasteiger charge is -2.22. The summed E-state index contributed by atoms with van der Waals surface area (Å²) in [5, 5.41) is 3.07. The average Bonchev–Trinajstić information content (AvgIpc) is 2.92. The molecule has 0 spiro atoms. The molecule has 2 rings (SSSR count). The van der Waals surface area contributed by atoms with Crippen molar-refractivity contribution < 1.29 is 4.79 Å². The smallest absolute Gasteiger partial charge is 0.241 e. The molecule has 1 aromatic carbocycles. The third-order valence-corrected chi connectivity index (χ3v) is 4.20. The third-order valence-electron chi connectivity index (χ3n) is 4.20. The summed E-state index contributed by atoms with van der Waals surface area (Å²) in [4.78, 5) is 12.2. The van der Waals surface area contributed by atoms with Crippen LogP contribution in [0.4, 0.5) is 0 Å². The van der Waals surface area contributed by atoms with Gasteiger partial charge >= 0.3 is 0 Å². The number of amides is 1. The maximum atomic E-state index is 12.2. The summed E-state index contributed by atoms with van der Waals surface area (Å²) in [7, 11) is 0. The summed E-state index contributed by atoms with van der Waals surface area (Å²) in [6.45, 7) is 4.12. The molecule has 0 aliphatic heterocycles. The van der Waals surface area contributed by atoms with Crippen LogP contribution in [-0.4, -0.2) is 11.9 Å². The largest absolute Gasteiger partial charge is 0.352 e. The molecule has 112 valence electrons. The molecule has 0 radical (unpaired) electrons. The van der Waals surface area contributed by atoms with E-state index in [4.69, 9.17) is 5.73 Å². The van der Waals surface area contributed by atoms with Crippen molar-refractivity contribution >= 4 is 18.3 Å². The van der Waals surface area contributed by atoms with E-state index in [0.29, 0.717) is 5.92 Å². The molecule has 1 aliphatic carbocycles. The van der Waals surface area contributed by atoms with Crippen molar-refractivity contribution in [1.82, 2.24) is 5.32 Å². The van der Waals surface area contributed by atoms with E-state index in [0.717, 1.165) is 5.56 Å². The Balaban J connectivity index is 0.00000200. The summed E-state index contributed by atoms with van der Waals surface area (Å²) in [6, 6.07) is 7.50. The lowest BCUT2D eigenvalue weighted by molar-refractivity contribution is -0.123. The van der Waals surface area contributed by atoms with Crippen LogP contribution < -0.4 is 11.1 Å². The monoisotopic (exact) mass is 296 g/mol. The third kappa shape index (κ3) is 4.22. The molecule has 2 atom stereocenters. The SMILES string of the molecule is Cc1ccc(C(N)C(=O)NC(C)C2CCCC2)cc1.Cl. The summed E-state index contributed by atoms with van der Waals surface area (Å²) in [5.41, 5.74) is 8.08. The van der Waals surface area contributed by atoms with Crippen LogP contribution in [0.3, 0.4) is 0 Å². The number of aryl methyl sites for hydroxylation is 1. The van der Waals surface area contributed by atoms with Crippen molar-refractivity contribution in [3.8, 4) is 0 Å². The molecule has 1 fully saturated rings. The summed E-state index contributed by atoms with van der Waals surface area (Å²) >= 11 is 0. The summed E-state index contributed by atoms with van der Waals surface area (Å²) in [5.74, 6) is 0.553. The predicted octanol–water partition coefficient (Wildman–Crippen LogP) is 3.11. The first kappa shape index (κ1) is 17.0. The Labute approximate surface area is 127 Å². The van der Waals surface area contributed by atoms with E-state index in [-0.39, 0.29) is 24.4 Å². The molecule has 0 saturated heterocycles. The molecular weight excluding hydrogens is 272 g/mol. The zero-order chi connectivity index (χ0) is 13.8. The van der Waals surface area contributed by atoms with E-state index in [2.05, 4.69) is 12.2 Å². The van der Waals surface area contributed by atoms with Gasteiger partial charge in [0.25, 0.3) is 0 Å². The van der Waals surface area contributed by atoms with Crippen molar-refractivity contribution in [2.24, 2.45) is 11.7 Å². The number of halogens is 1. The highest BCUT2D eigenvalue weighted by atomic mass is 35.5. The Morgan fingerprint density at radius 1 is 1.25 bits per heavy atom. The Kier molecular flexibility index (Phi) is 6.50. The topological polar surface area (TPSA) is 55.1 Å². The van der Waals surface area contributed by atoms with Gasteiger partial charge in [0.05, 0.1) is 0 Å². The molecule has 20 heavy (non-hydrogen) atoms. The number of rotatable bonds is 4. The van der Waals surface area contributed by atoms with E-state index in [9.17, 15) is 4.79 Å². The van der Waals surface area contributed by atoms with Gasteiger partial charge in [0, 0.05) is 6.04 Å². The predicted molar refractivity (Wildman–Crippen MR) is 84.9 cm³/mol. The summed E-state index contributed by atoms with van der Waals surface area (Å²) in [6.07, 6.45) is 5.02. The molecule has 4 heteroatoms. The molecule has 3 N–H and O–H groups in total. The van der Waals surface area contributed by atoms with Crippen LogP contribution in [0.1, 0.15) is 49.8 Å². The zero-order valence-corrected chi connectivity index (χ0v) is 13.1. The molecule has 1 aromatic rings. The number of carbonyl (C=O) groups excluding carboxylic acids is 1. The molecule has 1 saturated carbocycles. The fourth-order valence-corrected chi connectivity index (χ4v) is 2.81. The highest BCUT2D eigenvalue weighted by molar-refractivity contribution is 5.85. The van der Waals surface area contributed by atoms with Crippen LogP contribution in [0.25, 0.3) is 0 Å². The van der Waals surface area contributed by atoms with E-state index in [1.807, 2.05) is 31.2 Å². The van der Waals surface area contributed by atoms with E-state index in [1.165, 1.54) is 31.2 Å². The minimum atomic E-state index is -0.565. The molecule has 0 bridgehead atoms. The zero-order valence-electron chi connectivity index (χ0n) is 12.3. The number of nitrogens with two attached hydrogens (primary N) is 1. The quantitative estimate of drug-likeness (QED) is 0.897. The second-order valence-electron chi connectivity index (χ2n) is 5.73. The van der Waals surface area contributed by atoms with Gasteiger partial charge in [-0.3, -0.25) is 4.79 Å². The molecule has 0 aromatic heterocycles. The van der Waals surface area contributed by atoms with Crippen molar-refractivity contribution in [3.05, 3.63) is 35.4 Å². The maximum absolute atomic E-state index is 12.2. The lowest BCUT2D eigenvalue weighted by atomic mass is 9.98. The first-order valence-corrected chi connectivity index (χ1v) is 7.20. The molecule has 3 nitrogen and oxygen atoms in total. The van der Waals surface area contributed by atoms with Crippen LogP contribution in [-0.2, 0) is 4.79 Å². The number of carbonyl (C=O) groups is 1. The van der Waals surface area contributed by atoms with Gasteiger partial charge in [0.1, 0.15) is 6.04 Å². The van der Waals surface area contributed by atoms with Crippen molar-refractivity contribution in [2.45, 2.75) is 51.6 Å². The number of benzene rings is 1. The standard InChI is InChI=1S/C16H24N2O.ClH/c1-11-7-9-14(10-8-11)15(17)16(19)18-12(2)13-5-3-4-6-13;/h7-10,12-13,15H,3-6,17H2,1-2H3,(H,18,19);1H. The summed E-state index contributed by atoms with van der Waals surface area (Å²) < 4.78 is 0. The van der Waals surface area contributed by atoms with Gasteiger partial charge in [0.2, 0.25) is 5.91 Å². The van der Waals surface area contributed by atoms with Crippen LogP contribution in [0, 0.1) is 12.8 Å². The maximum Gasteiger partial charge on any atom is 0.241 e.